The maximum Gasteiger partial charge on any atom is 0.111 e. The van der Waals surface area contributed by atoms with Crippen LogP contribution in [-0.2, 0) is 13.6 Å². The highest BCUT2D eigenvalue weighted by Gasteiger charge is 2.04. The van der Waals surface area contributed by atoms with Crippen LogP contribution in [0.1, 0.15) is 17.0 Å². The van der Waals surface area contributed by atoms with Gasteiger partial charge in [-0.3, -0.25) is 4.68 Å². The molecule has 2 aromatic heterocycles. The van der Waals surface area contributed by atoms with E-state index in [1.165, 1.54) is 11.3 Å². The van der Waals surface area contributed by atoms with Gasteiger partial charge in [-0.1, -0.05) is 17.5 Å². The van der Waals surface area contributed by atoms with Crippen molar-refractivity contribution in [2.75, 3.05) is 14.1 Å². The summed E-state index contributed by atoms with van der Waals surface area (Å²) in [5.74, 6) is 6.17. The molecule has 0 aliphatic heterocycles. The summed E-state index contributed by atoms with van der Waals surface area (Å²) in [5, 5.41) is 6.35. The van der Waals surface area contributed by atoms with E-state index in [9.17, 15) is 0 Å². The first-order chi connectivity index (χ1) is 8.56. The van der Waals surface area contributed by atoms with Crippen molar-refractivity contribution in [1.82, 2.24) is 14.7 Å². The van der Waals surface area contributed by atoms with Gasteiger partial charge in [-0.15, -0.1) is 11.3 Å². The lowest BCUT2D eigenvalue weighted by Crippen LogP contribution is -2.11. The van der Waals surface area contributed by atoms with Gasteiger partial charge in [0.05, 0.1) is 11.3 Å². The van der Waals surface area contributed by atoms with E-state index in [4.69, 9.17) is 11.6 Å². The van der Waals surface area contributed by atoms with Gasteiger partial charge in [0.25, 0.3) is 0 Å². The van der Waals surface area contributed by atoms with Crippen molar-refractivity contribution in [2.24, 2.45) is 7.05 Å². The minimum Gasteiger partial charge on any atom is -0.304 e. The zero-order valence-electron chi connectivity index (χ0n) is 10.6. The average molecular weight is 280 g/mol. The third kappa shape index (κ3) is 3.14. The van der Waals surface area contributed by atoms with Crippen molar-refractivity contribution in [3.8, 4) is 11.8 Å². The minimum absolute atomic E-state index is 0.734. The Bertz CT molecular complexity index is 601. The van der Waals surface area contributed by atoms with Crippen molar-refractivity contribution in [2.45, 2.75) is 6.54 Å². The van der Waals surface area contributed by atoms with Gasteiger partial charge >= 0.3 is 0 Å². The fourth-order valence-corrected chi connectivity index (χ4v) is 2.39. The maximum atomic E-state index is 6.01. The third-order valence-electron chi connectivity index (χ3n) is 2.35. The molecule has 18 heavy (non-hydrogen) atoms. The van der Waals surface area contributed by atoms with Crippen LogP contribution in [0.25, 0.3) is 0 Å². The summed E-state index contributed by atoms with van der Waals surface area (Å²) in [6, 6.07) is 3.93. The van der Waals surface area contributed by atoms with Gasteiger partial charge in [-0.2, -0.15) is 5.10 Å². The number of hydrogen-bond acceptors (Lipinski definition) is 3. The Labute approximate surface area is 116 Å². The molecule has 2 heterocycles. The monoisotopic (exact) mass is 279 g/mol. The predicted octanol–water partition coefficient (Wildman–Crippen LogP) is 2.60. The molecule has 0 saturated carbocycles. The second-order valence-electron chi connectivity index (χ2n) is 4.24. The van der Waals surface area contributed by atoms with Gasteiger partial charge in [0.15, 0.2) is 0 Å². The van der Waals surface area contributed by atoms with E-state index in [-0.39, 0.29) is 0 Å². The second kappa shape index (κ2) is 5.57. The van der Waals surface area contributed by atoms with Crippen LogP contribution in [0.2, 0.25) is 4.34 Å². The predicted molar refractivity (Wildman–Crippen MR) is 75.9 cm³/mol. The second-order valence-corrected chi connectivity index (χ2v) is 5.76. The SMILES string of the molecule is CN(C)Cc1cc(C#Cc2ccsc2Cl)n(C)n1. The molecule has 0 aliphatic carbocycles. The fraction of sp³-hybridized carbons (Fsp3) is 0.308. The van der Waals surface area contributed by atoms with E-state index in [0.29, 0.717) is 0 Å². The Balaban J connectivity index is 2.22. The number of rotatable bonds is 2. The lowest BCUT2D eigenvalue weighted by Gasteiger charge is -2.04. The molecule has 0 atom stereocenters. The molecule has 0 unspecified atom stereocenters. The number of nitrogens with zero attached hydrogens (tertiary/aromatic N) is 3. The molecule has 0 spiro atoms. The van der Waals surface area contributed by atoms with Crippen LogP contribution in [0.3, 0.4) is 0 Å². The van der Waals surface area contributed by atoms with E-state index in [0.717, 1.165) is 27.8 Å². The molecule has 0 N–H and O–H groups in total. The molecule has 3 nitrogen and oxygen atoms in total. The summed E-state index contributed by atoms with van der Waals surface area (Å²) in [6.07, 6.45) is 0. The Kier molecular flexibility index (Phi) is 4.07. The number of hydrogen-bond donors (Lipinski definition) is 0. The van der Waals surface area contributed by atoms with Crippen molar-refractivity contribution < 1.29 is 0 Å². The maximum absolute atomic E-state index is 6.01. The molecule has 0 aromatic carbocycles. The first-order valence-corrected chi connectivity index (χ1v) is 6.74. The van der Waals surface area contributed by atoms with Gasteiger partial charge < -0.3 is 4.90 Å². The van der Waals surface area contributed by atoms with Gasteiger partial charge in [-0.05, 0) is 37.5 Å². The lowest BCUT2D eigenvalue weighted by molar-refractivity contribution is 0.395. The molecule has 5 heteroatoms. The molecular formula is C13H14ClN3S. The molecule has 94 valence electrons. The standard InChI is InChI=1S/C13H14ClN3S/c1-16(2)9-11-8-12(17(3)15-11)5-4-10-6-7-18-13(10)14/h6-8H,9H2,1-3H3. The highest BCUT2D eigenvalue weighted by atomic mass is 35.5. The van der Waals surface area contributed by atoms with Gasteiger partial charge in [0.1, 0.15) is 10.0 Å². The van der Waals surface area contributed by atoms with Gasteiger partial charge in [0, 0.05) is 13.6 Å². The summed E-state index contributed by atoms with van der Waals surface area (Å²) in [7, 11) is 5.94. The van der Waals surface area contributed by atoms with Crippen LogP contribution in [0.5, 0.6) is 0 Å². The Hall–Kier alpha value is -1.28. The number of thiophene rings is 1. The zero-order valence-corrected chi connectivity index (χ0v) is 12.1. The highest BCUT2D eigenvalue weighted by Crippen LogP contribution is 2.21. The van der Waals surface area contributed by atoms with E-state index < -0.39 is 0 Å². The molecule has 0 bridgehead atoms. The van der Waals surface area contributed by atoms with Gasteiger partial charge in [0.2, 0.25) is 0 Å². The molecule has 0 saturated heterocycles. The van der Waals surface area contributed by atoms with Crippen LogP contribution >= 0.6 is 22.9 Å². The number of aromatic nitrogens is 2. The molecular weight excluding hydrogens is 266 g/mol. The van der Waals surface area contributed by atoms with E-state index >= 15 is 0 Å². The molecule has 0 amide bonds. The van der Waals surface area contributed by atoms with Crippen LogP contribution in [0.4, 0.5) is 0 Å². The van der Waals surface area contributed by atoms with Crippen molar-refractivity contribution in [3.05, 3.63) is 38.8 Å². The topological polar surface area (TPSA) is 21.1 Å². The smallest absolute Gasteiger partial charge is 0.111 e. The summed E-state index contributed by atoms with van der Waals surface area (Å²) in [6.45, 7) is 0.814. The Morgan fingerprint density at radius 2 is 2.22 bits per heavy atom. The molecule has 0 radical (unpaired) electrons. The Morgan fingerprint density at radius 3 is 2.83 bits per heavy atom. The van der Waals surface area contributed by atoms with E-state index in [1.54, 1.807) is 4.68 Å². The summed E-state index contributed by atoms with van der Waals surface area (Å²) >= 11 is 7.50. The zero-order chi connectivity index (χ0) is 13.1. The molecule has 2 rings (SSSR count). The van der Waals surface area contributed by atoms with Crippen LogP contribution < -0.4 is 0 Å². The van der Waals surface area contributed by atoms with Crippen molar-refractivity contribution in [1.29, 1.82) is 0 Å². The first kappa shape index (κ1) is 13.2. The molecule has 0 aliphatic rings. The highest BCUT2D eigenvalue weighted by molar-refractivity contribution is 7.14. The molecule has 0 fully saturated rings. The number of aryl methyl sites for hydroxylation is 1. The normalized spacial score (nSPS) is 10.5. The van der Waals surface area contributed by atoms with Crippen LogP contribution in [-0.4, -0.2) is 28.8 Å². The summed E-state index contributed by atoms with van der Waals surface area (Å²) in [4.78, 5) is 2.08. The number of halogens is 1. The first-order valence-electron chi connectivity index (χ1n) is 5.49. The largest absolute Gasteiger partial charge is 0.304 e. The van der Waals surface area contributed by atoms with E-state index in [1.807, 2.05) is 38.7 Å². The van der Waals surface area contributed by atoms with Crippen LogP contribution in [0.15, 0.2) is 17.5 Å². The average Bonchev–Trinajstić information content (AvgIpc) is 2.82. The van der Waals surface area contributed by atoms with Crippen molar-refractivity contribution in [3.63, 3.8) is 0 Å². The van der Waals surface area contributed by atoms with Crippen molar-refractivity contribution >= 4 is 22.9 Å². The minimum atomic E-state index is 0.734. The van der Waals surface area contributed by atoms with Crippen LogP contribution in [0, 0.1) is 11.8 Å². The summed E-state index contributed by atoms with van der Waals surface area (Å²) < 4.78 is 2.53. The fourth-order valence-electron chi connectivity index (χ4n) is 1.56. The Morgan fingerprint density at radius 1 is 1.44 bits per heavy atom. The van der Waals surface area contributed by atoms with Gasteiger partial charge in [-0.25, -0.2) is 0 Å². The third-order valence-corrected chi connectivity index (χ3v) is 3.52. The lowest BCUT2D eigenvalue weighted by atomic mass is 10.3. The molecule has 2 aromatic rings. The van der Waals surface area contributed by atoms with E-state index in [2.05, 4.69) is 21.8 Å². The quantitative estimate of drug-likeness (QED) is 0.788. The summed E-state index contributed by atoms with van der Waals surface area (Å²) in [5.41, 5.74) is 2.79.